The number of aryl methyl sites for hydroxylation is 1. The quantitative estimate of drug-likeness (QED) is 0.867. The van der Waals surface area contributed by atoms with Gasteiger partial charge in [0.15, 0.2) is 0 Å². The van der Waals surface area contributed by atoms with E-state index in [2.05, 4.69) is 33.4 Å². The maximum absolute atomic E-state index is 9.47. The summed E-state index contributed by atoms with van der Waals surface area (Å²) in [5.74, 6) is 0. The van der Waals surface area contributed by atoms with Crippen molar-refractivity contribution < 1.29 is 4.74 Å². The van der Waals surface area contributed by atoms with Crippen molar-refractivity contribution in [3.8, 4) is 6.07 Å². The summed E-state index contributed by atoms with van der Waals surface area (Å²) < 4.78 is 6.09. The first-order valence-electron chi connectivity index (χ1n) is 5.66. The lowest BCUT2D eigenvalue weighted by molar-refractivity contribution is 0.190. The molecule has 0 saturated carbocycles. The smallest absolute Gasteiger partial charge is 0.132 e. The summed E-state index contributed by atoms with van der Waals surface area (Å²) in [5, 5.41) is 12.8. The van der Waals surface area contributed by atoms with Gasteiger partial charge in [-0.25, -0.2) is 0 Å². The van der Waals surface area contributed by atoms with Gasteiger partial charge in [0.2, 0.25) is 0 Å². The van der Waals surface area contributed by atoms with Crippen molar-refractivity contribution in [2.75, 3.05) is 20.3 Å². The van der Waals surface area contributed by atoms with Crippen molar-refractivity contribution in [3.05, 3.63) is 33.8 Å². The van der Waals surface area contributed by atoms with Crippen LogP contribution in [0, 0.1) is 11.3 Å². The Bertz CT molecular complexity index is 455. The third-order valence-electron chi connectivity index (χ3n) is 3.22. The Morgan fingerprint density at radius 1 is 1.59 bits per heavy atom. The number of ether oxygens (including phenoxy) is 1. The summed E-state index contributed by atoms with van der Waals surface area (Å²) in [6, 6.07) is 8.57. The minimum Gasteiger partial charge on any atom is -0.383 e. The Morgan fingerprint density at radius 2 is 2.41 bits per heavy atom. The molecule has 1 aliphatic rings. The molecule has 0 amide bonds. The maximum Gasteiger partial charge on any atom is 0.132 e. The molecule has 0 saturated heterocycles. The number of nitriles is 1. The SMILES string of the molecule is COCCNC1(C#N)CCc2cc(Br)ccc21. The van der Waals surface area contributed by atoms with Crippen LogP contribution in [0.2, 0.25) is 0 Å². The topological polar surface area (TPSA) is 45.0 Å². The lowest BCUT2D eigenvalue weighted by Crippen LogP contribution is -2.40. The molecule has 0 bridgehead atoms. The average Bonchev–Trinajstić information content (AvgIpc) is 2.68. The Hall–Kier alpha value is -0.890. The van der Waals surface area contributed by atoms with Crippen LogP contribution in [0.5, 0.6) is 0 Å². The van der Waals surface area contributed by atoms with Crippen molar-refractivity contribution in [1.82, 2.24) is 5.32 Å². The molecule has 0 aromatic heterocycles. The largest absolute Gasteiger partial charge is 0.383 e. The molecular weight excluding hydrogens is 280 g/mol. The molecule has 0 radical (unpaired) electrons. The van der Waals surface area contributed by atoms with E-state index in [9.17, 15) is 5.26 Å². The number of rotatable bonds is 4. The van der Waals surface area contributed by atoms with Gasteiger partial charge in [-0.05, 0) is 36.1 Å². The predicted octanol–water partition coefficient (Wildman–Crippen LogP) is 2.35. The number of methoxy groups -OCH3 is 1. The zero-order valence-electron chi connectivity index (χ0n) is 9.79. The lowest BCUT2D eigenvalue weighted by atomic mass is 9.93. The van der Waals surface area contributed by atoms with E-state index in [1.807, 2.05) is 12.1 Å². The Balaban J connectivity index is 2.25. The first kappa shape index (κ1) is 12.6. The summed E-state index contributed by atoms with van der Waals surface area (Å²) >= 11 is 3.46. The van der Waals surface area contributed by atoms with Gasteiger partial charge in [-0.1, -0.05) is 22.0 Å². The van der Waals surface area contributed by atoms with Gasteiger partial charge >= 0.3 is 0 Å². The molecule has 1 unspecified atom stereocenters. The van der Waals surface area contributed by atoms with Gasteiger partial charge in [0.05, 0.1) is 12.7 Å². The summed E-state index contributed by atoms with van der Waals surface area (Å²) in [5.41, 5.74) is 1.83. The first-order valence-corrected chi connectivity index (χ1v) is 6.45. The van der Waals surface area contributed by atoms with Crippen molar-refractivity contribution in [1.29, 1.82) is 5.26 Å². The number of hydrogen-bond donors (Lipinski definition) is 1. The minimum absolute atomic E-state index is 0.533. The molecule has 0 spiro atoms. The third kappa shape index (κ3) is 2.37. The average molecular weight is 295 g/mol. The van der Waals surface area contributed by atoms with E-state index < -0.39 is 5.54 Å². The normalized spacial score (nSPS) is 22.2. The van der Waals surface area contributed by atoms with Crippen LogP contribution >= 0.6 is 15.9 Å². The molecule has 0 heterocycles. The van der Waals surface area contributed by atoms with Crippen LogP contribution in [0.15, 0.2) is 22.7 Å². The van der Waals surface area contributed by atoms with E-state index in [1.165, 1.54) is 5.56 Å². The Labute approximate surface area is 110 Å². The van der Waals surface area contributed by atoms with Crippen LogP contribution in [-0.4, -0.2) is 20.3 Å². The van der Waals surface area contributed by atoms with Crippen LogP contribution in [0.1, 0.15) is 17.5 Å². The van der Waals surface area contributed by atoms with Gasteiger partial charge in [0, 0.05) is 18.1 Å². The van der Waals surface area contributed by atoms with Crippen molar-refractivity contribution in [2.45, 2.75) is 18.4 Å². The molecule has 1 atom stereocenters. The Morgan fingerprint density at radius 3 is 3.12 bits per heavy atom. The molecule has 1 aromatic carbocycles. The van der Waals surface area contributed by atoms with Crippen molar-refractivity contribution in [2.24, 2.45) is 0 Å². The highest BCUT2D eigenvalue weighted by molar-refractivity contribution is 9.10. The Kier molecular flexibility index (Phi) is 3.82. The van der Waals surface area contributed by atoms with E-state index in [-0.39, 0.29) is 0 Å². The van der Waals surface area contributed by atoms with E-state index in [4.69, 9.17) is 4.74 Å². The summed E-state index contributed by atoms with van der Waals surface area (Å²) in [6.45, 7) is 1.31. The van der Waals surface area contributed by atoms with Gasteiger partial charge in [0.25, 0.3) is 0 Å². The fourth-order valence-corrected chi connectivity index (χ4v) is 2.76. The van der Waals surface area contributed by atoms with E-state index in [0.29, 0.717) is 13.2 Å². The highest BCUT2D eigenvalue weighted by atomic mass is 79.9. The molecule has 2 rings (SSSR count). The van der Waals surface area contributed by atoms with Gasteiger partial charge in [-0.2, -0.15) is 5.26 Å². The number of nitrogens with zero attached hydrogens (tertiary/aromatic N) is 1. The van der Waals surface area contributed by atoms with E-state index in [0.717, 1.165) is 22.9 Å². The molecule has 1 aliphatic carbocycles. The van der Waals surface area contributed by atoms with Gasteiger partial charge in [0.1, 0.15) is 5.54 Å². The first-order chi connectivity index (χ1) is 8.22. The second-order valence-electron chi connectivity index (χ2n) is 4.24. The van der Waals surface area contributed by atoms with Crippen molar-refractivity contribution in [3.63, 3.8) is 0 Å². The standard InChI is InChI=1S/C13H15BrN2O/c1-17-7-6-16-13(9-15)5-4-10-8-11(14)2-3-12(10)13/h2-3,8,16H,4-7H2,1H3. The molecule has 0 fully saturated rings. The van der Waals surface area contributed by atoms with Gasteiger partial charge < -0.3 is 4.74 Å². The zero-order valence-corrected chi connectivity index (χ0v) is 11.4. The summed E-state index contributed by atoms with van der Waals surface area (Å²) in [6.07, 6.45) is 1.78. The predicted molar refractivity (Wildman–Crippen MR) is 69.6 cm³/mol. The maximum atomic E-state index is 9.47. The van der Waals surface area contributed by atoms with Crippen LogP contribution in [0.25, 0.3) is 0 Å². The number of halogens is 1. The molecule has 4 heteroatoms. The second kappa shape index (κ2) is 5.18. The van der Waals surface area contributed by atoms with E-state index in [1.54, 1.807) is 7.11 Å². The second-order valence-corrected chi connectivity index (χ2v) is 5.15. The number of hydrogen-bond acceptors (Lipinski definition) is 3. The fraction of sp³-hybridized carbons (Fsp3) is 0.462. The van der Waals surface area contributed by atoms with Gasteiger partial charge in [-0.15, -0.1) is 0 Å². The monoisotopic (exact) mass is 294 g/mol. The minimum atomic E-state index is -0.533. The highest BCUT2D eigenvalue weighted by Crippen LogP contribution is 2.37. The number of nitrogens with one attached hydrogen (secondary N) is 1. The lowest BCUT2D eigenvalue weighted by Gasteiger charge is -2.23. The number of fused-ring (bicyclic) bond motifs is 1. The highest BCUT2D eigenvalue weighted by Gasteiger charge is 2.38. The molecular formula is C13H15BrN2O. The van der Waals surface area contributed by atoms with Crippen molar-refractivity contribution >= 4 is 15.9 Å². The van der Waals surface area contributed by atoms with Crippen LogP contribution < -0.4 is 5.32 Å². The zero-order chi connectivity index (χ0) is 12.3. The molecule has 90 valence electrons. The molecule has 0 aliphatic heterocycles. The van der Waals surface area contributed by atoms with Crippen LogP contribution in [0.4, 0.5) is 0 Å². The molecule has 17 heavy (non-hydrogen) atoms. The summed E-state index contributed by atoms with van der Waals surface area (Å²) in [7, 11) is 1.67. The third-order valence-corrected chi connectivity index (χ3v) is 3.71. The fourth-order valence-electron chi connectivity index (χ4n) is 2.35. The van der Waals surface area contributed by atoms with Crippen LogP contribution in [-0.2, 0) is 16.7 Å². The van der Waals surface area contributed by atoms with Gasteiger partial charge in [-0.3, -0.25) is 5.32 Å². The summed E-state index contributed by atoms with van der Waals surface area (Å²) in [4.78, 5) is 0. The van der Waals surface area contributed by atoms with Crippen LogP contribution in [0.3, 0.4) is 0 Å². The molecule has 1 aromatic rings. The number of benzene rings is 1. The molecule has 1 N–H and O–H groups in total. The molecule has 3 nitrogen and oxygen atoms in total. The van der Waals surface area contributed by atoms with E-state index >= 15 is 0 Å².